The SMILES string of the molecule is N#CCC(C1CCCC1)n1cc(-c2nc(Nc3ccc(C4CCN(CCOCCNc5cccc6c5C(=O)N(C5CCC(=O)NC5=O)C6=O)CC4)cc3)nc3[nH]ccc23)cn1. The maximum absolute atomic E-state index is 13.3. The van der Waals surface area contributed by atoms with Gasteiger partial charge in [-0.25, -0.2) is 4.98 Å². The number of hydrogen-bond acceptors (Lipinski definition) is 12. The highest BCUT2D eigenvalue weighted by Gasteiger charge is 2.45. The van der Waals surface area contributed by atoms with Crippen LogP contribution in [0.4, 0.5) is 17.3 Å². The van der Waals surface area contributed by atoms with Crippen LogP contribution in [-0.2, 0) is 14.3 Å². The Bertz CT molecular complexity index is 2480. The van der Waals surface area contributed by atoms with Crippen molar-refractivity contribution in [3.63, 3.8) is 0 Å². The second kappa shape index (κ2) is 17.6. The van der Waals surface area contributed by atoms with Crippen LogP contribution in [0.1, 0.15) is 96.0 Å². The molecular weight excluding hydrogens is 775 g/mol. The van der Waals surface area contributed by atoms with Gasteiger partial charge in [0.05, 0.1) is 54.8 Å². The molecule has 2 aromatic carbocycles. The van der Waals surface area contributed by atoms with Crippen molar-refractivity contribution < 1.29 is 23.9 Å². The van der Waals surface area contributed by atoms with Crippen molar-refractivity contribution >= 4 is 52.0 Å². The number of nitrogens with zero attached hydrogens (tertiary/aromatic N) is 7. The van der Waals surface area contributed by atoms with Gasteiger partial charge in [0.2, 0.25) is 17.8 Å². The van der Waals surface area contributed by atoms with Gasteiger partial charge in [-0.2, -0.15) is 15.3 Å². The largest absolute Gasteiger partial charge is 0.382 e. The van der Waals surface area contributed by atoms with Crippen LogP contribution in [0.3, 0.4) is 0 Å². The van der Waals surface area contributed by atoms with Crippen molar-refractivity contribution in [2.45, 2.75) is 75.8 Å². The molecule has 1 saturated carbocycles. The first kappa shape index (κ1) is 40.0. The van der Waals surface area contributed by atoms with Crippen molar-refractivity contribution in [3.05, 3.63) is 83.8 Å². The van der Waals surface area contributed by atoms with Crippen molar-refractivity contribution in [3.8, 4) is 17.3 Å². The van der Waals surface area contributed by atoms with Crippen LogP contribution in [0.2, 0.25) is 0 Å². The molecule has 2 atom stereocenters. The molecule has 2 saturated heterocycles. The van der Waals surface area contributed by atoms with Crippen LogP contribution in [0.15, 0.2) is 67.1 Å². The number of H-pyrrole nitrogens is 1. The van der Waals surface area contributed by atoms with E-state index in [0.717, 1.165) is 78.2 Å². The Morgan fingerprint density at radius 2 is 1.75 bits per heavy atom. The summed E-state index contributed by atoms with van der Waals surface area (Å²) in [6, 6.07) is 17.0. The Morgan fingerprint density at radius 1 is 0.934 bits per heavy atom. The smallest absolute Gasteiger partial charge is 0.264 e. The third-order valence-electron chi connectivity index (χ3n) is 12.7. The molecule has 5 aromatic rings. The minimum Gasteiger partial charge on any atom is -0.382 e. The van der Waals surface area contributed by atoms with Gasteiger partial charge in [-0.15, -0.1) is 0 Å². The minimum absolute atomic E-state index is 0.0698. The normalized spacial score (nSPS) is 19.3. The molecule has 0 radical (unpaired) electrons. The lowest BCUT2D eigenvalue weighted by atomic mass is 9.89. The molecule has 61 heavy (non-hydrogen) atoms. The predicted octanol–water partition coefficient (Wildman–Crippen LogP) is 5.92. The average molecular weight is 824 g/mol. The number of imide groups is 2. The van der Waals surface area contributed by atoms with Gasteiger partial charge in [-0.3, -0.25) is 34.1 Å². The fourth-order valence-electron chi connectivity index (χ4n) is 9.44. The summed E-state index contributed by atoms with van der Waals surface area (Å²) in [4.78, 5) is 66.9. The molecule has 3 aliphatic heterocycles. The summed E-state index contributed by atoms with van der Waals surface area (Å²) < 4.78 is 7.91. The molecule has 3 fully saturated rings. The summed E-state index contributed by atoms with van der Waals surface area (Å²) in [5, 5.41) is 24.1. The molecule has 4 amide bonds. The summed E-state index contributed by atoms with van der Waals surface area (Å²) in [5.41, 5.74) is 5.64. The highest BCUT2D eigenvalue weighted by atomic mass is 16.5. The topological polar surface area (TPSA) is 203 Å². The fourth-order valence-corrected chi connectivity index (χ4v) is 9.44. The van der Waals surface area contributed by atoms with Crippen LogP contribution in [0.5, 0.6) is 0 Å². The van der Waals surface area contributed by atoms with Gasteiger partial charge >= 0.3 is 0 Å². The first-order valence-electron chi connectivity index (χ1n) is 21.4. The first-order chi connectivity index (χ1) is 29.8. The van der Waals surface area contributed by atoms with E-state index in [1.54, 1.807) is 18.2 Å². The van der Waals surface area contributed by atoms with E-state index in [4.69, 9.17) is 19.8 Å². The Hall–Kier alpha value is -6.44. The number of aromatic amines is 1. The first-order valence-corrected chi connectivity index (χ1v) is 21.4. The molecule has 16 heteroatoms. The van der Waals surface area contributed by atoms with Crippen LogP contribution >= 0.6 is 0 Å². The van der Waals surface area contributed by atoms with Crippen LogP contribution in [0, 0.1) is 17.2 Å². The van der Waals surface area contributed by atoms with E-state index in [0.29, 0.717) is 49.7 Å². The van der Waals surface area contributed by atoms with E-state index in [1.165, 1.54) is 18.4 Å². The molecule has 0 bridgehead atoms. The lowest BCUT2D eigenvalue weighted by Gasteiger charge is -2.32. The number of hydrogen-bond donors (Lipinski definition) is 4. The third kappa shape index (κ3) is 8.35. The van der Waals surface area contributed by atoms with Gasteiger partial charge in [0.1, 0.15) is 11.7 Å². The molecule has 0 spiro atoms. The Balaban J connectivity index is 0.732. The van der Waals surface area contributed by atoms with Crippen molar-refractivity contribution in [2.75, 3.05) is 50.0 Å². The van der Waals surface area contributed by atoms with Crippen LogP contribution in [0.25, 0.3) is 22.3 Å². The number of piperidine rings is 2. The second-order valence-corrected chi connectivity index (χ2v) is 16.4. The summed E-state index contributed by atoms with van der Waals surface area (Å²) in [6.07, 6.45) is 13.2. The second-order valence-electron chi connectivity index (χ2n) is 16.4. The van der Waals surface area contributed by atoms with Crippen LogP contribution < -0.4 is 16.0 Å². The molecular formula is C45H49N11O5. The van der Waals surface area contributed by atoms with Gasteiger partial charge in [0.15, 0.2) is 0 Å². The molecule has 4 N–H and O–H groups in total. The number of ether oxygens (including phenoxy) is 1. The Labute approximate surface area is 353 Å². The lowest BCUT2D eigenvalue weighted by Crippen LogP contribution is -2.54. The number of nitrogens with one attached hydrogen (secondary N) is 4. The predicted molar refractivity (Wildman–Crippen MR) is 227 cm³/mol. The number of aromatic nitrogens is 5. The zero-order valence-electron chi connectivity index (χ0n) is 33.9. The number of anilines is 3. The van der Waals surface area contributed by atoms with E-state index in [1.807, 2.05) is 29.3 Å². The fraction of sp³-hybridized carbons (Fsp3) is 0.422. The third-order valence-corrected chi connectivity index (χ3v) is 12.7. The lowest BCUT2D eigenvalue weighted by molar-refractivity contribution is -0.136. The van der Waals surface area contributed by atoms with Gasteiger partial charge in [0.25, 0.3) is 11.8 Å². The quantitative estimate of drug-likeness (QED) is 0.0718. The molecule has 3 aromatic heterocycles. The molecule has 6 heterocycles. The maximum atomic E-state index is 13.3. The molecule has 16 nitrogen and oxygen atoms in total. The monoisotopic (exact) mass is 823 g/mol. The number of carbonyl (C=O) groups excluding carboxylic acids is 4. The van der Waals surface area contributed by atoms with Gasteiger partial charge in [-0.05, 0) is 92.9 Å². The number of benzene rings is 2. The maximum Gasteiger partial charge on any atom is 0.264 e. The molecule has 314 valence electrons. The van der Waals surface area contributed by atoms with E-state index < -0.39 is 29.7 Å². The summed E-state index contributed by atoms with van der Waals surface area (Å²) in [6.45, 7) is 4.20. The molecule has 4 aliphatic rings. The van der Waals surface area contributed by atoms with Crippen molar-refractivity contribution in [1.82, 2.24) is 39.8 Å². The van der Waals surface area contributed by atoms with Gasteiger partial charge < -0.3 is 25.3 Å². The highest BCUT2D eigenvalue weighted by Crippen LogP contribution is 2.38. The average Bonchev–Trinajstić information content (AvgIpc) is 4.11. The number of fused-ring (bicyclic) bond motifs is 2. The molecule has 9 rings (SSSR count). The van der Waals surface area contributed by atoms with E-state index in [2.05, 4.69) is 56.2 Å². The number of likely N-dealkylation sites (tertiary alicyclic amines) is 1. The van der Waals surface area contributed by atoms with Gasteiger partial charge in [0, 0.05) is 54.2 Å². The van der Waals surface area contributed by atoms with E-state index >= 15 is 0 Å². The summed E-state index contributed by atoms with van der Waals surface area (Å²) >= 11 is 0. The summed E-state index contributed by atoms with van der Waals surface area (Å²) in [7, 11) is 0. The summed E-state index contributed by atoms with van der Waals surface area (Å²) in [5.74, 6) is -0.666. The van der Waals surface area contributed by atoms with Gasteiger partial charge in [-0.1, -0.05) is 31.0 Å². The molecule has 2 unspecified atom stereocenters. The number of nitriles is 1. The number of carbonyl (C=O) groups is 4. The number of amides is 4. The standard InChI is InChI=1S/C45H49N11O5/c46-18-14-36(30-4-1-2-5-30)55-27-31(26-49-55)40-34-15-19-48-41(34)53-45(52-40)50-32-10-8-28(9-11-32)29-16-21-54(22-17-29)23-25-61-24-20-47-35-7-3-6-33-39(35)44(60)56(43(33)59)37-12-13-38(57)51-42(37)58/h3,6-11,15,19,26-27,29-30,36-37,47H,1-2,4-5,12-14,16-17,20-25H2,(H,51,57,58)(H2,48,50,52,53). The van der Waals surface area contributed by atoms with Crippen molar-refractivity contribution in [2.24, 2.45) is 5.92 Å². The number of rotatable bonds is 15. The zero-order valence-corrected chi connectivity index (χ0v) is 33.9. The minimum atomic E-state index is -1.00. The zero-order chi connectivity index (χ0) is 41.9. The highest BCUT2D eigenvalue weighted by molar-refractivity contribution is 6.25. The Morgan fingerprint density at radius 3 is 2.54 bits per heavy atom. The van der Waals surface area contributed by atoms with Crippen molar-refractivity contribution in [1.29, 1.82) is 5.26 Å². The molecule has 1 aliphatic carbocycles. The van der Waals surface area contributed by atoms with Crippen LogP contribution in [-0.4, -0.2) is 104 Å². The van der Waals surface area contributed by atoms with E-state index in [-0.39, 0.29) is 30.0 Å². The Kier molecular flexibility index (Phi) is 11.6. The van der Waals surface area contributed by atoms with E-state index in [9.17, 15) is 24.4 Å².